The first-order chi connectivity index (χ1) is 7.75. The number of rotatable bonds is 3. The molecular formula is C13H9ClSSe. The molecular weight excluding hydrogens is 303 g/mol. The summed E-state index contributed by atoms with van der Waals surface area (Å²) in [6, 6.07) is 18.0. The molecule has 0 atom stereocenters. The summed E-state index contributed by atoms with van der Waals surface area (Å²) in [6.07, 6.45) is 0. The van der Waals surface area contributed by atoms with Crippen molar-refractivity contribution in [2.75, 3.05) is 0 Å². The molecule has 0 heterocycles. The van der Waals surface area contributed by atoms with Gasteiger partial charge in [0.1, 0.15) is 0 Å². The van der Waals surface area contributed by atoms with E-state index in [1.807, 2.05) is 42.5 Å². The topological polar surface area (TPSA) is 0 Å². The fraction of sp³-hybridized carbons (Fsp3) is 0. The molecule has 0 amide bonds. The third-order valence-electron chi connectivity index (χ3n) is 2.03. The molecule has 0 aliphatic rings. The van der Waals surface area contributed by atoms with E-state index in [-0.39, 0.29) is 15.0 Å². The summed E-state index contributed by atoms with van der Waals surface area (Å²) < 4.78 is 2.28. The van der Waals surface area contributed by atoms with Crippen LogP contribution in [0.25, 0.3) is 0 Å². The van der Waals surface area contributed by atoms with Gasteiger partial charge in [0.15, 0.2) is 0 Å². The zero-order chi connectivity index (χ0) is 11.4. The number of thiocarbonyl (C=S) groups is 1. The number of benzene rings is 2. The summed E-state index contributed by atoms with van der Waals surface area (Å²) in [5.74, 6) is 0. The van der Waals surface area contributed by atoms with Crippen molar-refractivity contribution in [3.05, 3.63) is 65.2 Å². The first kappa shape index (κ1) is 11.8. The molecule has 0 aromatic heterocycles. The van der Waals surface area contributed by atoms with E-state index in [4.69, 9.17) is 23.8 Å². The fourth-order valence-corrected chi connectivity index (χ4v) is 3.56. The molecule has 0 saturated heterocycles. The minimum atomic E-state index is 0.196. The standard InChI is InChI=1S/C13H9ClSSe/c14-11-6-8-12(9-7-11)16-13(15)10-4-2-1-3-5-10/h1-9H. The van der Waals surface area contributed by atoms with Crippen LogP contribution in [0, 0.1) is 0 Å². The van der Waals surface area contributed by atoms with Crippen molar-refractivity contribution >= 4 is 47.0 Å². The van der Waals surface area contributed by atoms with Crippen molar-refractivity contribution in [3.63, 3.8) is 0 Å². The first-order valence-corrected chi connectivity index (χ1v) is 7.28. The van der Waals surface area contributed by atoms with Crippen molar-refractivity contribution in [3.8, 4) is 0 Å². The quantitative estimate of drug-likeness (QED) is 0.620. The van der Waals surface area contributed by atoms with Gasteiger partial charge < -0.3 is 0 Å². The molecule has 0 bridgehead atoms. The molecule has 2 rings (SSSR count). The van der Waals surface area contributed by atoms with Gasteiger partial charge in [0.2, 0.25) is 0 Å². The predicted octanol–water partition coefficient (Wildman–Crippen LogP) is 3.05. The number of hydrogen-bond acceptors (Lipinski definition) is 1. The molecule has 0 aliphatic heterocycles. The Morgan fingerprint density at radius 1 is 0.938 bits per heavy atom. The molecule has 2 aromatic carbocycles. The van der Waals surface area contributed by atoms with Crippen LogP contribution in [0.15, 0.2) is 54.6 Å². The van der Waals surface area contributed by atoms with Gasteiger partial charge in [-0.2, -0.15) is 0 Å². The fourth-order valence-electron chi connectivity index (χ4n) is 1.24. The first-order valence-electron chi connectivity index (χ1n) is 4.78. The third kappa shape index (κ3) is 3.16. The molecule has 0 fully saturated rings. The monoisotopic (exact) mass is 312 g/mol. The molecule has 0 N–H and O–H groups in total. The average Bonchev–Trinajstić information content (AvgIpc) is 2.33. The molecule has 16 heavy (non-hydrogen) atoms. The second kappa shape index (κ2) is 5.60. The van der Waals surface area contributed by atoms with E-state index in [1.165, 1.54) is 4.46 Å². The van der Waals surface area contributed by atoms with Crippen molar-refractivity contribution < 1.29 is 0 Å². The van der Waals surface area contributed by atoms with Crippen LogP contribution >= 0.6 is 23.8 Å². The normalized spacial score (nSPS) is 10.1. The maximum atomic E-state index is 5.84. The summed E-state index contributed by atoms with van der Waals surface area (Å²) in [4.78, 5) is 0. The van der Waals surface area contributed by atoms with Crippen LogP contribution in [-0.2, 0) is 0 Å². The van der Waals surface area contributed by atoms with Gasteiger partial charge in [-0.3, -0.25) is 0 Å². The molecule has 80 valence electrons. The van der Waals surface area contributed by atoms with Crippen LogP contribution < -0.4 is 4.46 Å². The van der Waals surface area contributed by atoms with Crippen molar-refractivity contribution in [2.24, 2.45) is 0 Å². The molecule has 3 heteroatoms. The van der Waals surface area contributed by atoms with Gasteiger partial charge in [0, 0.05) is 0 Å². The number of halogens is 1. The Balaban J connectivity index is 2.11. The Bertz CT molecular complexity index is 479. The summed E-state index contributed by atoms with van der Waals surface area (Å²) in [5.41, 5.74) is 1.15. The van der Waals surface area contributed by atoms with E-state index in [2.05, 4.69) is 12.1 Å². The Kier molecular flexibility index (Phi) is 4.14. The minimum absolute atomic E-state index is 0.196. The van der Waals surface area contributed by atoms with Crippen LogP contribution in [0.4, 0.5) is 0 Å². The van der Waals surface area contributed by atoms with E-state index in [9.17, 15) is 0 Å². The zero-order valence-electron chi connectivity index (χ0n) is 8.39. The SMILES string of the molecule is S=C([Se]c1ccc(Cl)cc1)c1ccccc1. The van der Waals surface area contributed by atoms with Crippen LogP contribution in [0.2, 0.25) is 5.02 Å². The summed E-state index contributed by atoms with van der Waals surface area (Å²) >= 11 is 11.5. The Morgan fingerprint density at radius 2 is 1.56 bits per heavy atom. The molecule has 0 unspecified atom stereocenters. The van der Waals surface area contributed by atoms with Gasteiger partial charge in [0.25, 0.3) is 0 Å². The molecule has 0 saturated carbocycles. The Morgan fingerprint density at radius 3 is 2.19 bits per heavy atom. The number of hydrogen-bond donors (Lipinski definition) is 0. The average molecular weight is 312 g/mol. The second-order valence-electron chi connectivity index (χ2n) is 3.21. The molecule has 0 nitrogen and oxygen atoms in total. The van der Waals surface area contributed by atoms with Crippen LogP contribution in [0.3, 0.4) is 0 Å². The van der Waals surface area contributed by atoms with E-state index in [0.717, 1.165) is 14.3 Å². The maximum absolute atomic E-state index is 5.84. The Labute approximate surface area is 112 Å². The van der Waals surface area contributed by atoms with Gasteiger partial charge in [-0.25, -0.2) is 0 Å². The molecule has 2 aromatic rings. The van der Waals surface area contributed by atoms with Gasteiger partial charge in [-0.1, -0.05) is 0 Å². The van der Waals surface area contributed by atoms with E-state index in [0.29, 0.717) is 0 Å². The van der Waals surface area contributed by atoms with Crippen molar-refractivity contribution in [1.29, 1.82) is 0 Å². The second-order valence-corrected chi connectivity index (χ2v) is 6.91. The van der Waals surface area contributed by atoms with Gasteiger partial charge in [0.05, 0.1) is 0 Å². The molecule has 0 aliphatic carbocycles. The van der Waals surface area contributed by atoms with E-state index in [1.54, 1.807) is 0 Å². The van der Waals surface area contributed by atoms with E-state index >= 15 is 0 Å². The van der Waals surface area contributed by atoms with Crippen molar-refractivity contribution in [1.82, 2.24) is 0 Å². The van der Waals surface area contributed by atoms with Gasteiger partial charge in [-0.05, 0) is 0 Å². The van der Waals surface area contributed by atoms with Gasteiger partial charge in [-0.15, -0.1) is 0 Å². The van der Waals surface area contributed by atoms with Crippen LogP contribution in [0.1, 0.15) is 5.56 Å². The van der Waals surface area contributed by atoms with Crippen LogP contribution in [0.5, 0.6) is 0 Å². The predicted molar refractivity (Wildman–Crippen MR) is 75.0 cm³/mol. The zero-order valence-corrected chi connectivity index (χ0v) is 11.7. The summed E-state index contributed by atoms with van der Waals surface area (Å²) in [6.45, 7) is 0. The van der Waals surface area contributed by atoms with Gasteiger partial charge >= 0.3 is 112 Å². The molecule has 0 radical (unpaired) electrons. The van der Waals surface area contributed by atoms with E-state index < -0.39 is 0 Å². The van der Waals surface area contributed by atoms with Crippen LogP contribution in [-0.4, -0.2) is 18.7 Å². The third-order valence-corrected chi connectivity index (χ3v) is 4.90. The molecule has 0 spiro atoms. The summed E-state index contributed by atoms with van der Waals surface area (Å²) in [5, 5.41) is 0.769. The Hall–Kier alpha value is -0.661. The summed E-state index contributed by atoms with van der Waals surface area (Å²) in [7, 11) is 0. The van der Waals surface area contributed by atoms with Crippen molar-refractivity contribution in [2.45, 2.75) is 0 Å².